The number of likely N-dealkylation sites (tertiary alicyclic amines) is 1. The topological polar surface area (TPSA) is 95.7 Å². The fourth-order valence-corrected chi connectivity index (χ4v) is 3.29. The van der Waals surface area contributed by atoms with Gasteiger partial charge in [0.15, 0.2) is 5.69 Å². The molecule has 144 valence electrons. The van der Waals surface area contributed by atoms with Crippen molar-refractivity contribution < 1.29 is 19.2 Å². The third-order valence-corrected chi connectivity index (χ3v) is 4.81. The number of β-amino-alcohol motifs (C(OH)–C–C–N with tert-alkyl or cyclic N) is 1. The zero-order valence-corrected chi connectivity index (χ0v) is 15.4. The van der Waals surface area contributed by atoms with Crippen molar-refractivity contribution in [1.82, 2.24) is 15.4 Å². The fourth-order valence-electron chi connectivity index (χ4n) is 3.29. The number of aromatic nitrogens is 1. The van der Waals surface area contributed by atoms with E-state index in [0.29, 0.717) is 25.1 Å². The lowest BCUT2D eigenvalue weighted by molar-refractivity contribution is -0.134. The molecule has 1 fully saturated rings. The summed E-state index contributed by atoms with van der Waals surface area (Å²) in [4.78, 5) is 26.2. The third-order valence-electron chi connectivity index (χ3n) is 4.81. The monoisotopic (exact) mass is 371 g/mol. The van der Waals surface area contributed by atoms with Crippen molar-refractivity contribution in [3.63, 3.8) is 0 Å². The highest BCUT2D eigenvalue weighted by Gasteiger charge is 2.31. The first kappa shape index (κ1) is 19.1. The number of carbonyl (C=O) groups excluding carboxylic acids is 2. The van der Waals surface area contributed by atoms with Gasteiger partial charge in [0.25, 0.3) is 5.91 Å². The van der Waals surface area contributed by atoms with E-state index in [1.807, 2.05) is 18.2 Å². The highest BCUT2D eigenvalue weighted by molar-refractivity contribution is 5.92. The second kappa shape index (κ2) is 8.81. The zero-order valence-electron chi connectivity index (χ0n) is 15.4. The molecule has 7 heteroatoms. The Hall–Kier alpha value is -2.67. The summed E-state index contributed by atoms with van der Waals surface area (Å²) in [6, 6.07) is 11.2. The van der Waals surface area contributed by atoms with E-state index in [1.165, 1.54) is 5.56 Å². The number of benzene rings is 1. The van der Waals surface area contributed by atoms with Crippen LogP contribution in [0.1, 0.15) is 41.1 Å². The average molecular weight is 371 g/mol. The number of nitrogens with zero attached hydrogens (tertiary/aromatic N) is 2. The Labute approximate surface area is 158 Å². The van der Waals surface area contributed by atoms with Crippen LogP contribution < -0.4 is 5.32 Å². The molecule has 2 atom stereocenters. The van der Waals surface area contributed by atoms with E-state index in [-0.39, 0.29) is 24.1 Å². The van der Waals surface area contributed by atoms with Crippen LogP contribution >= 0.6 is 0 Å². The molecule has 0 bridgehead atoms. The summed E-state index contributed by atoms with van der Waals surface area (Å²) in [5.74, 6) is 0.219. The second-order valence-electron chi connectivity index (χ2n) is 6.94. The number of rotatable bonds is 6. The number of aryl methyl sites for hydroxylation is 2. The van der Waals surface area contributed by atoms with Crippen molar-refractivity contribution >= 4 is 11.8 Å². The molecular formula is C20H25N3O4. The molecule has 1 aromatic carbocycles. The summed E-state index contributed by atoms with van der Waals surface area (Å²) in [6.07, 6.45) is 1.80. The minimum absolute atomic E-state index is 0.0434. The van der Waals surface area contributed by atoms with Gasteiger partial charge in [-0.2, -0.15) is 0 Å². The predicted molar refractivity (Wildman–Crippen MR) is 99.1 cm³/mol. The standard InChI is InChI=1S/C20H25N3O4/c1-14-12-17(22-27-14)20(26)21-16-10-11-23(13-18(16)24)19(25)9-5-8-15-6-3-2-4-7-15/h2-4,6-7,12,16,18,24H,5,8-11,13H2,1H3,(H,21,26)/t16-,18-/m1/s1. The van der Waals surface area contributed by atoms with E-state index in [9.17, 15) is 14.7 Å². The van der Waals surface area contributed by atoms with Crippen LogP contribution in [0.5, 0.6) is 0 Å². The van der Waals surface area contributed by atoms with Gasteiger partial charge in [-0.1, -0.05) is 35.5 Å². The molecule has 0 saturated carbocycles. The van der Waals surface area contributed by atoms with Gasteiger partial charge in [-0.25, -0.2) is 0 Å². The smallest absolute Gasteiger partial charge is 0.273 e. The van der Waals surface area contributed by atoms with Gasteiger partial charge in [-0.3, -0.25) is 9.59 Å². The first-order chi connectivity index (χ1) is 13.0. The number of piperidine rings is 1. The minimum atomic E-state index is -0.797. The van der Waals surface area contributed by atoms with Crippen LogP contribution in [-0.2, 0) is 11.2 Å². The molecule has 1 aliphatic heterocycles. The van der Waals surface area contributed by atoms with Gasteiger partial charge in [0.05, 0.1) is 12.1 Å². The van der Waals surface area contributed by atoms with E-state index in [0.717, 1.165) is 12.8 Å². The zero-order chi connectivity index (χ0) is 19.2. The van der Waals surface area contributed by atoms with Crippen LogP contribution in [0.25, 0.3) is 0 Å². The normalized spacial score (nSPS) is 19.7. The summed E-state index contributed by atoms with van der Waals surface area (Å²) in [5, 5.41) is 16.8. The Morgan fingerprint density at radius 2 is 2.11 bits per heavy atom. The van der Waals surface area contributed by atoms with Crippen molar-refractivity contribution in [2.75, 3.05) is 13.1 Å². The highest BCUT2D eigenvalue weighted by atomic mass is 16.5. The van der Waals surface area contributed by atoms with Crippen molar-refractivity contribution in [3.05, 3.63) is 53.4 Å². The van der Waals surface area contributed by atoms with E-state index in [2.05, 4.69) is 22.6 Å². The number of carbonyl (C=O) groups is 2. The van der Waals surface area contributed by atoms with E-state index < -0.39 is 12.1 Å². The Bertz CT molecular complexity index is 775. The lowest BCUT2D eigenvalue weighted by Crippen LogP contribution is -2.55. The maximum atomic E-state index is 12.4. The van der Waals surface area contributed by atoms with Gasteiger partial charge in [0, 0.05) is 25.6 Å². The minimum Gasteiger partial charge on any atom is -0.389 e. The molecule has 1 aliphatic rings. The lowest BCUT2D eigenvalue weighted by atomic mass is 10.0. The molecule has 2 aromatic rings. The van der Waals surface area contributed by atoms with Gasteiger partial charge >= 0.3 is 0 Å². The Kier molecular flexibility index (Phi) is 6.24. The summed E-state index contributed by atoms with van der Waals surface area (Å²) in [5.41, 5.74) is 1.41. The van der Waals surface area contributed by atoms with Crippen LogP contribution in [0.3, 0.4) is 0 Å². The molecule has 1 aromatic heterocycles. The first-order valence-corrected chi connectivity index (χ1v) is 9.27. The van der Waals surface area contributed by atoms with Crippen molar-refractivity contribution in [2.24, 2.45) is 0 Å². The molecule has 0 unspecified atom stereocenters. The number of aliphatic hydroxyl groups is 1. The average Bonchev–Trinajstić information content (AvgIpc) is 3.10. The van der Waals surface area contributed by atoms with E-state index in [4.69, 9.17) is 4.52 Å². The predicted octanol–water partition coefficient (Wildman–Crippen LogP) is 1.70. The van der Waals surface area contributed by atoms with Gasteiger partial charge < -0.3 is 19.8 Å². The molecule has 3 rings (SSSR count). The summed E-state index contributed by atoms with van der Waals surface area (Å²) >= 11 is 0. The Balaban J connectivity index is 1.43. The Morgan fingerprint density at radius 3 is 2.78 bits per heavy atom. The van der Waals surface area contributed by atoms with Crippen LogP contribution in [0.15, 0.2) is 40.9 Å². The number of hydrogen-bond acceptors (Lipinski definition) is 5. The maximum absolute atomic E-state index is 12.4. The van der Waals surface area contributed by atoms with E-state index in [1.54, 1.807) is 17.9 Å². The molecule has 0 aliphatic carbocycles. The summed E-state index contributed by atoms with van der Waals surface area (Å²) in [6.45, 7) is 2.46. The van der Waals surface area contributed by atoms with Crippen LogP contribution in [0.2, 0.25) is 0 Å². The van der Waals surface area contributed by atoms with Crippen molar-refractivity contribution in [1.29, 1.82) is 0 Å². The number of aliphatic hydroxyl groups excluding tert-OH is 1. The van der Waals surface area contributed by atoms with E-state index >= 15 is 0 Å². The molecule has 0 spiro atoms. The van der Waals surface area contributed by atoms with Gasteiger partial charge in [0.1, 0.15) is 5.76 Å². The SMILES string of the molecule is Cc1cc(C(=O)N[C@@H]2CCN(C(=O)CCCc3ccccc3)C[C@H]2O)no1. The molecule has 2 N–H and O–H groups in total. The molecule has 0 radical (unpaired) electrons. The summed E-state index contributed by atoms with van der Waals surface area (Å²) < 4.78 is 4.89. The molecule has 1 saturated heterocycles. The van der Waals surface area contributed by atoms with Crippen LogP contribution in [0, 0.1) is 6.92 Å². The Morgan fingerprint density at radius 1 is 1.33 bits per heavy atom. The molecule has 2 heterocycles. The summed E-state index contributed by atoms with van der Waals surface area (Å²) in [7, 11) is 0. The maximum Gasteiger partial charge on any atom is 0.273 e. The highest BCUT2D eigenvalue weighted by Crippen LogP contribution is 2.15. The number of hydrogen-bond donors (Lipinski definition) is 2. The molecule has 27 heavy (non-hydrogen) atoms. The molecule has 7 nitrogen and oxygen atoms in total. The fraction of sp³-hybridized carbons (Fsp3) is 0.450. The second-order valence-corrected chi connectivity index (χ2v) is 6.94. The quantitative estimate of drug-likeness (QED) is 0.806. The first-order valence-electron chi connectivity index (χ1n) is 9.27. The molecule has 2 amide bonds. The van der Waals surface area contributed by atoms with Gasteiger partial charge in [0.2, 0.25) is 5.91 Å². The van der Waals surface area contributed by atoms with Gasteiger partial charge in [-0.15, -0.1) is 0 Å². The van der Waals surface area contributed by atoms with Gasteiger partial charge in [-0.05, 0) is 31.7 Å². The van der Waals surface area contributed by atoms with Crippen molar-refractivity contribution in [2.45, 2.75) is 44.8 Å². The number of nitrogens with one attached hydrogen (secondary N) is 1. The molecular weight excluding hydrogens is 346 g/mol. The number of amides is 2. The van der Waals surface area contributed by atoms with Crippen molar-refractivity contribution in [3.8, 4) is 0 Å². The van der Waals surface area contributed by atoms with Crippen LogP contribution in [-0.4, -0.2) is 52.2 Å². The largest absolute Gasteiger partial charge is 0.389 e. The lowest BCUT2D eigenvalue weighted by Gasteiger charge is -2.36. The third kappa shape index (κ3) is 5.17. The van der Waals surface area contributed by atoms with Crippen LogP contribution in [0.4, 0.5) is 0 Å².